The molecule has 2 rings (SSSR count). The highest BCUT2D eigenvalue weighted by atomic mass is 79.9. The molecule has 20 heavy (non-hydrogen) atoms. The predicted molar refractivity (Wildman–Crippen MR) is 84.2 cm³/mol. The van der Waals surface area contributed by atoms with Crippen LogP contribution < -0.4 is 11.1 Å². The Kier molecular flexibility index (Phi) is 4.75. The Hall–Kier alpha value is -2.32. The van der Waals surface area contributed by atoms with Crippen molar-refractivity contribution in [1.82, 2.24) is 0 Å². The van der Waals surface area contributed by atoms with Gasteiger partial charge in [0, 0.05) is 4.47 Å². The lowest BCUT2D eigenvalue weighted by atomic mass is 10.2. The van der Waals surface area contributed by atoms with Gasteiger partial charge in [-0.3, -0.25) is 0 Å². The minimum atomic E-state index is 0.333. The van der Waals surface area contributed by atoms with Crippen LogP contribution in [-0.4, -0.2) is 5.96 Å². The molecule has 0 bridgehead atoms. The molecule has 0 amide bonds. The second-order valence-corrected chi connectivity index (χ2v) is 4.97. The van der Waals surface area contributed by atoms with Crippen molar-refractivity contribution in [3.8, 4) is 6.07 Å². The maximum Gasteiger partial charge on any atom is 0.193 e. The monoisotopic (exact) mass is 328 g/mol. The highest BCUT2D eigenvalue weighted by Crippen LogP contribution is 2.23. The summed E-state index contributed by atoms with van der Waals surface area (Å²) in [6, 6.07) is 17.2. The molecule has 0 aliphatic rings. The zero-order chi connectivity index (χ0) is 14.4. The molecule has 100 valence electrons. The van der Waals surface area contributed by atoms with Gasteiger partial charge in [-0.2, -0.15) is 5.26 Å². The van der Waals surface area contributed by atoms with E-state index in [0.29, 0.717) is 18.1 Å². The molecule has 0 aromatic heterocycles. The van der Waals surface area contributed by atoms with E-state index in [-0.39, 0.29) is 0 Å². The molecule has 0 spiro atoms. The maximum absolute atomic E-state index is 8.81. The Labute approximate surface area is 126 Å². The van der Waals surface area contributed by atoms with Gasteiger partial charge < -0.3 is 11.1 Å². The largest absolute Gasteiger partial charge is 0.370 e. The zero-order valence-corrected chi connectivity index (χ0v) is 12.3. The second kappa shape index (κ2) is 6.73. The van der Waals surface area contributed by atoms with Crippen molar-refractivity contribution in [2.45, 2.75) is 6.54 Å². The van der Waals surface area contributed by atoms with Crippen LogP contribution in [0, 0.1) is 11.3 Å². The number of guanidine groups is 1. The Bertz CT molecular complexity index is 659. The first-order valence-corrected chi connectivity index (χ1v) is 6.79. The Morgan fingerprint density at radius 1 is 1.25 bits per heavy atom. The Morgan fingerprint density at radius 3 is 2.65 bits per heavy atom. The first-order valence-electron chi connectivity index (χ1n) is 5.99. The van der Waals surface area contributed by atoms with Crippen molar-refractivity contribution in [2.75, 3.05) is 5.32 Å². The maximum atomic E-state index is 8.81. The van der Waals surface area contributed by atoms with Crippen LogP contribution in [0.3, 0.4) is 0 Å². The van der Waals surface area contributed by atoms with Crippen LogP contribution in [0.1, 0.15) is 11.1 Å². The third kappa shape index (κ3) is 3.84. The van der Waals surface area contributed by atoms with Crippen LogP contribution in [-0.2, 0) is 6.54 Å². The number of hydrogen-bond acceptors (Lipinski definition) is 2. The highest BCUT2D eigenvalue weighted by Gasteiger charge is 2.02. The van der Waals surface area contributed by atoms with E-state index < -0.39 is 0 Å². The number of nitrogens with zero attached hydrogens (tertiary/aromatic N) is 2. The molecule has 0 radical (unpaired) electrons. The topological polar surface area (TPSA) is 74.2 Å². The summed E-state index contributed by atoms with van der Waals surface area (Å²) in [6.07, 6.45) is 0. The lowest BCUT2D eigenvalue weighted by Crippen LogP contribution is -2.22. The Balaban J connectivity index is 2.04. The van der Waals surface area contributed by atoms with Gasteiger partial charge >= 0.3 is 0 Å². The van der Waals surface area contributed by atoms with Crippen molar-refractivity contribution in [1.29, 1.82) is 5.26 Å². The smallest absolute Gasteiger partial charge is 0.193 e. The van der Waals surface area contributed by atoms with Gasteiger partial charge in [0.1, 0.15) is 0 Å². The van der Waals surface area contributed by atoms with Gasteiger partial charge in [0.25, 0.3) is 0 Å². The van der Waals surface area contributed by atoms with Crippen LogP contribution in [0.4, 0.5) is 5.69 Å². The average Bonchev–Trinajstić information content (AvgIpc) is 2.48. The van der Waals surface area contributed by atoms with Crippen LogP contribution in [0.15, 0.2) is 58.0 Å². The van der Waals surface area contributed by atoms with E-state index in [4.69, 9.17) is 11.0 Å². The van der Waals surface area contributed by atoms with Crippen molar-refractivity contribution < 1.29 is 0 Å². The minimum absolute atomic E-state index is 0.333. The fourth-order valence-electron chi connectivity index (χ4n) is 1.62. The number of aliphatic imine (C=N–C) groups is 1. The van der Waals surface area contributed by atoms with Gasteiger partial charge in [-0.25, -0.2) is 4.99 Å². The third-order valence-corrected chi connectivity index (χ3v) is 3.29. The van der Waals surface area contributed by atoms with E-state index in [1.54, 1.807) is 18.2 Å². The number of nitriles is 1. The number of halogens is 1. The summed E-state index contributed by atoms with van der Waals surface area (Å²) in [4.78, 5) is 4.27. The molecular formula is C15H13BrN4. The van der Waals surface area contributed by atoms with Crippen molar-refractivity contribution in [3.63, 3.8) is 0 Å². The molecule has 0 saturated heterocycles. The van der Waals surface area contributed by atoms with Gasteiger partial charge in [0.2, 0.25) is 0 Å². The lowest BCUT2D eigenvalue weighted by molar-refractivity contribution is 1.06. The average molecular weight is 329 g/mol. The fraction of sp³-hybridized carbons (Fsp3) is 0.0667. The van der Waals surface area contributed by atoms with E-state index in [0.717, 1.165) is 15.7 Å². The van der Waals surface area contributed by atoms with Gasteiger partial charge in [0.15, 0.2) is 5.96 Å². The quantitative estimate of drug-likeness (QED) is 0.670. The molecule has 5 heteroatoms. The summed E-state index contributed by atoms with van der Waals surface area (Å²) < 4.78 is 0.773. The van der Waals surface area contributed by atoms with Crippen molar-refractivity contribution in [3.05, 3.63) is 64.1 Å². The molecular weight excluding hydrogens is 316 g/mol. The van der Waals surface area contributed by atoms with Gasteiger partial charge in [-0.05, 0) is 39.7 Å². The molecule has 0 atom stereocenters. The summed E-state index contributed by atoms with van der Waals surface area (Å²) in [6.45, 7) is 0.521. The standard InChI is InChI=1S/C15H13BrN4/c16-13-8-12(9-17)6-7-14(13)20-15(18)19-10-11-4-2-1-3-5-11/h1-8H,10H2,(H3,18,19,20). The number of benzene rings is 2. The summed E-state index contributed by atoms with van der Waals surface area (Å²) >= 11 is 3.39. The summed E-state index contributed by atoms with van der Waals surface area (Å²) in [7, 11) is 0. The first-order chi connectivity index (χ1) is 9.69. The highest BCUT2D eigenvalue weighted by molar-refractivity contribution is 9.10. The van der Waals surface area contributed by atoms with Crippen LogP contribution in [0.25, 0.3) is 0 Å². The molecule has 2 aromatic carbocycles. The fourth-order valence-corrected chi connectivity index (χ4v) is 2.10. The van der Waals surface area contributed by atoms with Crippen molar-refractivity contribution >= 4 is 27.6 Å². The molecule has 0 saturated carbocycles. The molecule has 0 aliphatic heterocycles. The molecule has 0 heterocycles. The van der Waals surface area contributed by atoms with Crippen LogP contribution in [0.2, 0.25) is 0 Å². The van der Waals surface area contributed by atoms with Gasteiger partial charge in [-0.1, -0.05) is 30.3 Å². The van der Waals surface area contributed by atoms with E-state index in [2.05, 4.69) is 32.3 Å². The number of rotatable bonds is 3. The molecule has 3 N–H and O–H groups in total. The summed E-state index contributed by atoms with van der Waals surface area (Å²) in [5.74, 6) is 0.333. The SMILES string of the molecule is N#Cc1ccc(NC(N)=NCc2ccccc2)c(Br)c1. The van der Waals surface area contributed by atoms with E-state index in [9.17, 15) is 0 Å². The molecule has 0 fully saturated rings. The van der Waals surface area contributed by atoms with Crippen molar-refractivity contribution in [2.24, 2.45) is 10.7 Å². The Morgan fingerprint density at radius 2 is 2.00 bits per heavy atom. The summed E-state index contributed by atoms with van der Waals surface area (Å²) in [5, 5.41) is 11.8. The molecule has 0 unspecified atom stereocenters. The van der Waals surface area contributed by atoms with Crippen LogP contribution in [0.5, 0.6) is 0 Å². The normalized spacial score (nSPS) is 10.9. The number of nitrogens with one attached hydrogen (secondary N) is 1. The first kappa shape index (κ1) is 14.1. The summed E-state index contributed by atoms with van der Waals surface area (Å²) in [5.41, 5.74) is 8.30. The minimum Gasteiger partial charge on any atom is -0.370 e. The predicted octanol–water partition coefficient (Wildman–Crippen LogP) is 3.25. The number of hydrogen-bond donors (Lipinski definition) is 2. The number of nitrogens with two attached hydrogens (primary N) is 1. The lowest BCUT2D eigenvalue weighted by Gasteiger charge is -2.08. The number of anilines is 1. The van der Waals surface area contributed by atoms with E-state index in [1.165, 1.54) is 0 Å². The third-order valence-electron chi connectivity index (χ3n) is 2.64. The van der Waals surface area contributed by atoms with Crippen LogP contribution >= 0.6 is 15.9 Å². The van der Waals surface area contributed by atoms with Gasteiger partial charge in [-0.15, -0.1) is 0 Å². The zero-order valence-electron chi connectivity index (χ0n) is 10.7. The molecule has 2 aromatic rings. The molecule has 0 aliphatic carbocycles. The van der Waals surface area contributed by atoms with E-state index >= 15 is 0 Å². The van der Waals surface area contributed by atoms with Gasteiger partial charge in [0.05, 0.1) is 23.9 Å². The second-order valence-electron chi connectivity index (χ2n) is 4.12. The molecule has 4 nitrogen and oxygen atoms in total. The van der Waals surface area contributed by atoms with E-state index in [1.807, 2.05) is 30.3 Å².